The van der Waals surface area contributed by atoms with Crippen molar-refractivity contribution in [1.29, 1.82) is 0 Å². The summed E-state index contributed by atoms with van der Waals surface area (Å²) in [5.74, 6) is 0.632. The highest BCUT2D eigenvalue weighted by Gasteiger charge is 2.35. The van der Waals surface area contributed by atoms with E-state index in [0.717, 1.165) is 19.0 Å². The summed E-state index contributed by atoms with van der Waals surface area (Å²) in [7, 11) is 0. The molecule has 2 fully saturated rings. The van der Waals surface area contributed by atoms with Crippen LogP contribution in [0.15, 0.2) is 0 Å². The summed E-state index contributed by atoms with van der Waals surface area (Å²) in [6.45, 7) is 5.93. The van der Waals surface area contributed by atoms with E-state index in [1.54, 1.807) is 0 Å². The Labute approximate surface area is 126 Å². The minimum atomic E-state index is 0.405. The summed E-state index contributed by atoms with van der Waals surface area (Å²) in [6.07, 6.45) is 10.4. The Morgan fingerprint density at radius 3 is 2.80 bits per heavy atom. The number of rotatable bonds is 6. The van der Waals surface area contributed by atoms with E-state index < -0.39 is 0 Å². The molecule has 0 bridgehead atoms. The molecule has 3 nitrogen and oxygen atoms in total. The molecule has 2 saturated carbocycles. The van der Waals surface area contributed by atoms with Crippen LogP contribution in [0.5, 0.6) is 0 Å². The van der Waals surface area contributed by atoms with Crippen LogP contribution in [0.2, 0.25) is 0 Å². The van der Waals surface area contributed by atoms with Crippen LogP contribution in [0.4, 0.5) is 0 Å². The molecule has 0 aromatic carbocycles. The van der Waals surface area contributed by atoms with Gasteiger partial charge in [0.05, 0.1) is 0 Å². The van der Waals surface area contributed by atoms with Crippen molar-refractivity contribution in [3.8, 4) is 0 Å². The van der Waals surface area contributed by atoms with Gasteiger partial charge in [-0.05, 0) is 44.1 Å². The van der Waals surface area contributed by atoms with Crippen molar-refractivity contribution >= 4 is 11.3 Å². The highest BCUT2D eigenvalue weighted by atomic mass is 32.1. The van der Waals surface area contributed by atoms with Gasteiger partial charge in [0.1, 0.15) is 10.0 Å². The van der Waals surface area contributed by atoms with E-state index in [4.69, 9.17) is 0 Å². The van der Waals surface area contributed by atoms with Gasteiger partial charge in [-0.1, -0.05) is 26.7 Å². The lowest BCUT2D eigenvalue weighted by molar-refractivity contribution is 0.198. The number of aromatic nitrogens is 2. The summed E-state index contributed by atoms with van der Waals surface area (Å²) >= 11 is 1.87. The molecule has 0 radical (unpaired) electrons. The van der Waals surface area contributed by atoms with Gasteiger partial charge in [0.25, 0.3) is 0 Å². The minimum Gasteiger partial charge on any atom is -0.314 e. The van der Waals surface area contributed by atoms with Gasteiger partial charge in [-0.3, -0.25) is 0 Å². The van der Waals surface area contributed by atoms with Crippen LogP contribution in [0.25, 0.3) is 0 Å². The standard InChI is InChI=1S/C16H27N3S/c1-16(2)10-4-3-6-13(16)15-19-18-14(20-15)7-5-11-17-12-8-9-12/h12-13,17H,3-11H2,1-2H3. The first kappa shape index (κ1) is 14.5. The Morgan fingerprint density at radius 2 is 2.05 bits per heavy atom. The third kappa shape index (κ3) is 3.59. The molecule has 1 atom stereocenters. The monoisotopic (exact) mass is 293 g/mol. The molecular formula is C16H27N3S. The zero-order valence-corrected chi connectivity index (χ0v) is 13.6. The fourth-order valence-electron chi connectivity index (χ4n) is 3.29. The van der Waals surface area contributed by atoms with Crippen molar-refractivity contribution in [3.63, 3.8) is 0 Å². The first-order valence-corrected chi connectivity index (χ1v) is 9.02. The predicted octanol–water partition coefficient (Wildman–Crippen LogP) is 3.91. The first-order valence-electron chi connectivity index (χ1n) is 8.21. The molecule has 20 heavy (non-hydrogen) atoms. The predicted molar refractivity (Wildman–Crippen MR) is 84.2 cm³/mol. The SMILES string of the molecule is CC1(C)CCCCC1c1nnc(CCCNC2CC2)s1. The van der Waals surface area contributed by atoms with E-state index >= 15 is 0 Å². The van der Waals surface area contributed by atoms with Crippen LogP contribution < -0.4 is 5.32 Å². The van der Waals surface area contributed by atoms with E-state index in [-0.39, 0.29) is 0 Å². The average Bonchev–Trinajstić information content (AvgIpc) is 3.12. The second kappa shape index (κ2) is 6.10. The molecule has 1 heterocycles. The Kier molecular flexibility index (Phi) is 4.41. The molecule has 1 unspecified atom stereocenters. The van der Waals surface area contributed by atoms with E-state index in [1.165, 1.54) is 55.0 Å². The molecule has 3 rings (SSSR count). The van der Waals surface area contributed by atoms with Crippen molar-refractivity contribution in [2.75, 3.05) is 6.54 Å². The number of nitrogens with zero attached hydrogens (tertiary/aromatic N) is 2. The van der Waals surface area contributed by atoms with Crippen LogP contribution in [0.3, 0.4) is 0 Å². The van der Waals surface area contributed by atoms with E-state index in [2.05, 4.69) is 29.4 Å². The summed E-state index contributed by atoms with van der Waals surface area (Å²) in [6, 6.07) is 0.822. The molecule has 0 spiro atoms. The molecule has 1 aromatic rings. The van der Waals surface area contributed by atoms with E-state index in [9.17, 15) is 0 Å². The third-order valence-electron chi connectivity index (χ3n) is 4.87. The van der Waals surface area contributed by atoms with Crippen LogP contribution >= 0.6 is 11.3 Å². The lowest BCUT2D eigenvalue weighted by atomic mass is 9.69. The zero-order valence-electron chi connectivity index (χ0n) is 12.8. The molecule has 0 aliphatic heterocycles. The Morgan fingerprint density at radius 1 is 1.20 bits per heavy atom. The van der Waals surface area contributed by atoms with E-state index in [0.29, 0.717) is 11.3 Å². The number of aryl methyl sites for hydroxylation is 1. The second-order valence-electron chi connectivity index (χ2n) is 7.15. The molecule has 1 N–H and O–H groups in total. The normalized spacial score (nSPS) is 25.8. The van der Waals surface area contributed by atoms with Gasteiger partial charge >= 0.3 is 0 Å². The van der Waals surface area contributed by atoms with E-state index in [1.807, 2.05) is 11.3 Å². The fourth-order valence-corrected chi connectivity index (χ4v) is 4.52. The largest absolute Gasteiger partial charge is 0.314 e. The smallest absolute Gasteiger partial charge is 0.121 e. The summed E-state index contributed by atoms with van der Waals surface area (Å²) in [5.41, 5.74) is 0.405. The van der Waals surface area contributed by atoms with Crippen LogP contribution in [-0.4, -0.2) is 22.8 Å². The van der Waals surface area contributed by atoms with Crippen LogP contribution in [-0.2, 0) is 6.42 Å². The Bertz CT molecular complexity index is 437. The molecule has 0 saturated heterocycles. The van der Waals surface area contributed by atoms with Crippen molar-refractivity contribution in [3.05, 3.63) is 10.0 Å². The highest BCUT2D eigenvalue weighted by molar-refractivity contribution is 7.11. The Balaban J connectivity index is 1.52. The number of nitrogens with one attached hydrogen (secondary N) is 1. The average molecular weight is 293 g/mol. The lowest BCUT2D eigenvalue weighted by Gasteiger charge is -2.37. The van der Waals surface area contributed by atoms with Crippen LogP contribution in [0, 0.1) is 5.41 Å². The molecule has 2 aliphatic rings. The third-order valence-corrected chi connectivity index (χ3v) is 5.96. The molecule has 112 valence electrons. The molecular weight excluding hydrogens is 266 g/mol. The Hall–Kier alpha value is -0.480. The van der Waals surface area contributed by atoms with Gasteiger partial charge in [0, 0.05) is 18.4 Å². The minimum absolute atomic E-state index is 0.405. The van der Waals surface area contributed by atoms with Crippen LogP contribution in [0.1, 0.15) is 74.7 Å². The summed E-state index contributed by atoms with van der Waals surface area (Å²) in [4.78, 5) is 0. The van der Waals surface area contributed by atoms with Crippen molar-refractivity contribution < 1.29 is 0 Å². The fraction of sp³-hybridized carbons (Fsp3) is 0.875. The summed E-state index contributed by atoms with van der Waals surface area (Å²) in [5, 5.41) is 15.0. The van der Waals surface area contributed by atoms with Gasteiger partial charge in [0.15, 0.2) is 0 Å². The summed E-state index contributed by atoms with van der Waals surface area (Å²) < 4.78 is 0. The van der Waals surface area contributed by atoms with Gasteiger partial charge < -0.3 is 5.32 Å². The molecule has 1 aromatic heterocycles. The topological polar surface area (TPSA) is 37.8 Å². The maximum absolute atomic E-state index is 4.51. The second-order valence-corrected chi connectivity index (χ2v) is 8.25. The zero-order chi connectivity index (χ0) is 14.0. The van der Waals surface area contributed by atoms with Gasteiger partial charge in [-0.2, -0.15) is 0 Å². The first-order chi connectivity index (χ1) is 9.65. The van der Waals surface area contributed by atoms with Crippen molar-refractivity contribution in [2.24, 2.45) is 5.41 Å². The molecule has 0 amide bonds. The highest BCUT2D eigenvalue weighted by Crippen LogP contribution is 2.47. The quantitative estimate of drug-likeness (QED) is 0.808. The maximum atomic E-state index is 4.51. The molecule has 4 heteroatoms. The number of hydrogen-bond donors (Lipinski definition) is 1. The van der Waals surface area contributed by atoms with Gasteiger partial charge in [-0.15, -0.1) is 21.5 Å². The lowest BCUT2D eigenvalue weighted by Crippen LogP contribution is -2.25. The van der Waals surface area contributed by atoms with Crippen molar-refractivity contribution in [2.45, 2.75) is 77.2 Å². The maximum Gasteiger partial charge on any atom is 0.121 e. The van der Waals surface area contributed by atoms with Gasteiger partial charge in [-0.25, -0.2) is 0 Å². The number of hydrogen-bond acceptors (Lipinski definition) is 4. The molecule has 2 aliphatic carbocycles. The van der Waals surface area contributed by atoms with Crippen molar-refractivity contribution in [1.82, 2.24) is 15.5 Å². The van der Waals surface area contributed by atoms with Gasteiger partial charge in [0.2, 0.25) is 0 Å².